The van der Waals surface area contributed by atoms with Gasteiger partial charge < -0.3 is 14.9 Å². The lowest BCUT2D eigenvalue weighted by molar-refractivity contribution is 0.226. The van der Waals surface area contributed by atoms with Crippen LogP contribution in [0.4, 0.5) is 5.82 Å². The minimum absolute atomic E-state index is 0.0335. The number of hydrogen-bond acceptors (Lipinski definition) is 7. The highest BCUT2D eigenvalue weighted by Crippen LogP contribution is 2.36. The van der Waals surface area contributed by atoms with Gasteiger partial charge in [-0.1, -0.05) is 17.7 Å². The molecule has 0 saturated carbocycles. The van der Waals surface area contributed by atoms with Gasteiger partial charge in [0.15, 0.2) is 11.3 Å². The van der Waals surface area contributed by atoms with Gasteiger partial charge in [-0.2, -0.15) is 10.4 Å². The highest BCUT2D eigenvalue weighted by Gasteiger charge is 2.38. The van der Waals surface area contributed by atoms with E-state index < -0.39 is 0 Å². The Morgan fingerprint density at radius 2 is 2.12 bits per heavy atom. The fraction of sp³-hybridized carbons (Fsp3) is 0.583. The molecule has 180 valence electrons. The molecule has 10 heteroatoms. The summed E-state index contributed by atoms with van der Waals surface area (Å²) in [5.74, 6) is 2.13. The first-order chi connectivity index (χ1) is 16.5. The number of alkyl halides is 1. The van der Waals surface area contributed by atoms with Crippen molar-refractivity contribution in [2.24, 2.45) is 17.8 Å². The highest BCUT2D eigenvalue weighted by atomic mass is 35.5. The molecule has 3 aliphatic rings. The largest absolute Gasteiger partial charge is 0.396 e. The molecular formula is C24H29Cl2N7O. The van der Waals surface area contributed by atoms with Crippen LogP contribution < -0.4 is 4.90 Å². The number of rotatable bonds is 7. The monoisotopic (exact) mass is 501 g/mol. The summed E-state index contributed by atoms with van der Waals surface area (Å²) in [6, 6.07) is 2.03. The van der Waals surface area contributed by atoms with Crippen molar-refractivity contribution in [3.63, 3.8) is 0 Å². The summed E-state index contributed by atoms with van der Waals surface area (Å²) in [5, 5.41) is 23.6. The first-order valence-corrected chi connectivity index (χ1v) is 12.7. The number of likely N-dealkylation sites (tertiary alicyclic amines) is 1. The maximum Gasteiger partial charge on any atom is 0.190 e. The first kappa shape index (κ1) is 23.6. The molecular weight excluding hydrogens is 473 g/mol. The molecule has 0 aromatic carbocycles. The number of nitriles is 1. The fourth-order valence-electron chi connectivity index (χ4n) is 5.37. The van der Waals surface area contributed by atoms with Crippen LogP contribution in [0.2, 0.25) is 0 Å². The van der Waals surface area contributed by atoms with E-state index in [0.29, 0.717) is 28.0 Å². The van der Waals surface area contributed by atoms with Gasteiger partial charge in [-0.3, -0.25) is 0 Å². The van der Waals surface area contributed by atoms with Crippen LogP contribution >= 0.6 is 23.2 Å². The summed E-state index contributed by atoms with van der Waals surface area (Å²) in [6.45, 7) is 7.44. The number of nitrogens with zero attached hydrogens (tertiary/aromatic N) is 7. The number of anilines is 1. The van der Waals surface area contributed by atoms with Gasteiger partial charge in [-0.15, -0.1) is 11.6 Å². The van der Waals surface area contributed by atoms with Crippen LogP contribution in [0, 0.1) is 29.1 Å². The number of aliphatic hydroxyl groups is 1. The van der Waals surface area contributed by atoms with Crippen molar-refractivity contribution >= 4 is 40.2 Å². The molecule has 0 bridgehead atoms. The summed E-state index contributed by atoms with van der Waals surface area (Å²) in [7, 11) is 0. The van der Waals surface area contributed by atoms with Crippen molar-refractivity contribution in [3.05, 3.63) is 35.2 Å². The Labute approximate surface area is 209 Å². The minimum Gasteiger partial charge on any atom is -0.396 e. The Kier molecular flexibility index (Phi) is 6.81. The first-order valence-electron chi connectivity index (χ1n) is 11.9. The van der Waals surface area contributed by atoms with Gasteiger partial charge >= 0.3 is 0 Å². The molecule has 4 heterocycles. The van der Waals surface area contributed by atoms with Gasteiger partial charge in [0.25, 0.3) is 0 Å². The lowest BCUT2D eigenvalue weighted by atomic mass is 9.85. The number of fused-ring (bicyclic) bond motifs is 1. The summed E-state index contributed by atoms with van der Waals surface area (Å²) in [4.78, 5) is 14.2. The van der Waals surface area contributed by atoms with E-state index in [-0.39, 0.29) is 29.6 Å². The van der Waals surface area contributed by atoms with Crippen LogP contribution in [-0.2, 0) is 0 Å². The third-order valence-corrected chi connectivity index (χ3v) is 8.11. The van der Waals surface area contributed by atoms with Gasteiger partial charge in [-0.05, 0) is 50.3 Å². The molecule has 2 aromatic rings. The Morgan fingerprint density at radius 1 is 1.29 bits per heavy atom. The molecule has 2 aromatic heterocycles. The molecule has 2 aliphatic heterocycles. The topological polar surface area (TPSA) is 94.1 Å². The Bertz CT molecular complexity index is 1150. The smallest absolute Gasteiger partial charge is 0.190 e. The average Bonchev–Trinajstić information content (AvgIpc) is 3.40. The Hall–Kier alpha value is -2.18. The predicted molar refractivity (Wildman–Crippen MR) is 133 cm³/mol. The summed E-state index contributed by atoms with van der Waals surface area (Å²) < 4.78 is 1.79. The van der Waals surface area contributed by atoms with Gasteiger partial charge in [0.05, 0.1) is 17.6 Å². The second-order valence-electron chi connectivity index (χ2n) is 9.57. The van der Waals surface area contributed by atoms with Crippen LogP contribution in [0.3, 0.4) is 0 Å². The van der Waals surface area contributed by atoms with E-state index in [1.165, 1.54) is 6.42 Å². The van der Waals surface area contributed by atoms with Crippen LogP contribution in [0.1, 0.15) is 31.5 Å². The third-order valence-electron chi connectivity index (χ3n) is 7.44. The molecule has 2 saturated heterocycles. The lowest BCUT2D eigenvalue weighted by Crippen LogP contribution is -2.51. The molecule has 4 unspecified atom stereocenters. The average molecular weight is 502 g/mol. The molecule has 8 nitrogen and oxygen atoms in total. The Balaban J connectivity index is 1.32. The van der Waals surface area contributed by atoms with Crippen LogP contribution in [-0.4, -0.2) is 74.5 Å². The highest BCUT2D eigenvalue weighted by molar-refractivity contribution is 6.32. The van der Waals surface area contributed by atoms with Gasteiger partial charge in [-0.25, -0.2) is 14.6 Å². The van der Waals surface area contributed by atoms with Crippen molar-refractivity contribution in [1.29, 1.82) is 5.26 Å². The maximum absolute atomic E-state index is 9.61. The number of aromatic nitrogens is 4. The molecule has 1 aliphatic carbocycles. The van der Waals surface area contributed by atoms with E-state index in [2.05, 4.69) is 26.0 Å². The van der Waals surface area contributed by atoms with Gasteiger partial charge in [0, 0.05) is 43.7 Å². The number of aliphatic hydroxyl groups excluding tert-OH is 1. The van der Waals surface area contributed by atoms with Crippen LogP contribution in [0.15, 0.2) is 29.5 Å². The lowest BCUT2D eigenvalue weighted by Gasteiger charge is -2.43. The molecule has 5 rings (SSSR count). The van der Waals surface area contributed by atoms with E-state index >= 15 is 0 Å². The second kappa shape index (κ2) is 9.82. The van der Waals surface area contributed by atoms with E-state index in [1.54, 1.807) is 10.9 Å². The summed E-state index contributed by atoms with van der Waals surface area (Å²) >= 11 is 12.7. The molecule has 2 fully saturated rings. The Morgan fingerprint density at radius 3 is 2.85 bits per heavy atom. The minimum atomic E-state index is -0.270. The van der Waals surface area contributed by atoms with Gasteiger partial charge in [0.1, 0.15) is 17.4 Å². The standard InChI is InChI=1S/C24H29Cl2N7O/c1-15(19-4-3-18(25)9-20(19)26)33-24-23(21(10-27)30-33)28-11-22(29-24)32-13-17(14-32)16-5-7-31(12-16)6-2-8-34/h3-4,9,11,15-17,19-20,34H,2,5-8,12-14H2,1H3. The molecule has 34 heavy (non-hydrogen) atoms. The molecule has 1 N–H and O–H groups in total. The van der Waals surface area contributed by atoms with Crippen LogP contribution in [0.25, 0.3) is 11.2 Å². The quantitative estimate of drug-likeness (QED) is 0.581. The SMILES string of the molecule is CC(C1C=CC(Cl)=CC1Cl)n1nc(C#N)c2ncc(N3CC(C4CCN(CCCO)C4)C3)nc21. The van der Waals surface area contributed by atoms with Crippen molar-refractivity contribution in [1.82, 2.24) is 24.6 Å². The summed E-state index contributed by atoms with van der Waals surface area (Å²) in [6.07, 6.45) is 9.49. The zero-order chi connectivity index (χ0) is 23.8. The number of allylic oxidation sites excluding steroid dienone is 4. The van der Waals surface area contributed by atoms with Crippen molar-refractivity contribution in [2.45, 2.75) is 31.2 Å². The summed E-state index contributed by atoms with van der Waals surface area (Å²) in [5.41, 5.74) is 1.40. The van der Waals surface area contributed by atoms with Crippen molar-refractivity contribution in [2.75, 3.05) is 44.2 Å². The third kappa shape index (κ3) is 4.42. The van der Waals surface area contributed by atoms with E-state index in [0.717, 1.165) is 45.0 Å². The second-order valence-corrected chi connectivity index (χ2v) is 10.5. The number of hydrogen-bond donors (Lipinski definition) is 1. The fourth-order valence-corrected chi connectivity index (χ4v) is 6.07. The number of halogens is 2. The molecule has 0 radical (unpaired) electrons. The van der Waals surface area contributed by atoms with Crippen molar-refractivity contribution in [3.8, 4) is 6.07 Å². The van der Waals surface area contributed by atoms with Crippen LogP contribution in [0.5, 0.6) is 0 Å². The molecule has 0 amide bonds. The zero-order valence-electron chi connectivity index (χ0n) is 19.2. The maximum atomic E-state index is 9.61. The predicted octanol–water partition coefficient (Wildman–Crippen LogP) is 3.32. The molecule has 4 atom stereocenters. The van der Waals surface area contributed by atoms with Gasteiger partial charge in [0.2, 0.25) is 0 Å². The normalized spacial score (nSPS) is 26.5. The molecule has 0 spiro atoms. The van der Waals surface area contributed by atoms with E-state index in [1.807, 2.05) is 25.2 Å². The van der Waals surface area contributed by atoms with Crippen molar-refractivity contribution < 1.29 is 5.11 Å². The van der Waals surface area contributed by atoms with E-state index in [4.69, 9.17) is 33.3 Å². The zero-order valence-corrected chi connectivity index (χ0v) is 20.7. The van der Waals surface area contributed by atoms with E-state index in [9.17, 15) is 5.26 Å².